The number of carboxylic acids is 2. The van der Waals surface area contributed by atoms with E-state index in [1.807, 2.05) is 18.2 Å². The third-order valence-corrected chi connectivity index (χ3v) is 7.64. The zero-order valence-corrected chi connectivity index (χ0v) is 21.3. The number of hydrogen-bond acceptors (Lipinski definition) is 7. The minimum atomic E-state index is -5.08. The lowest BCUT2D eigenvalue weighted by Crippen LogP contribution is -2.72. The van der Waals surface area contributed by atoms with Crippen LogP contribution in [0.2, 0.25) is 0 Å². The second-order valence-electron chi connectivity index (χ2n) is 8.62. The third kappa shape index (κ3) is 10.3. The minimum Gasteiger partial charge on any atom is -0.475 e. The molecular weight excluding hydrogens is 552 g/mol. The molecule has 38 heavy (non-hydrogen) atoms. The topological polar surface area (TPSA) is 137 Å². The number of piperidine rings is 1. The second-order valence-corrected chi connectivity index (χ2v) is 10.9. The van der Waals surface area contributed by atoms with Crippen molar-refractivity contribution in [2.24, 2.45) is 5.92 Å². The summed E-state index contributed by atoms with van der Waals surface area (Å²) in [5.41, 5.74) is 0.948. The number of likely N-dealkylation sites (N-methyl/N-ethyl adjacent to an activating group) is 1. The smallest absolute Gasteiger partial charge is 0.475 e. The minimum absolute atomic E-state index is 0.000483. The van der Waals surface area contributed by atoms with Crippen LogP contribution in [-0.2, 0) is 31.0 Å². The number of hydrogen-bond donors (Lipinski definition) is 2. The highest BCUT2D eigenvalue weighted by molar-refractivity contribution is 7.89. The van der Waals surface area contributed by atoms with Gasteiger partial charge in [0, 0.05) is 24.8 Å². The quantitative estimate of drug-likeness (QED) is 0.486. The van der Waals surface area contributed by atoms with Crippen molar-refractivity contribution in [3.8, 4) is 0 Å². The maximum Gasteiger partial charge on any atom is 0.490 e. The Hall–Kier alpha value is -2.50. The Morgan fingerprint density at radius 2 is 1.63 bits per heavy atom. The predicted molar refractivity (Wildman–Crippen MR) is 120 cm³/mol. The first-order chi connectivity index (χ1) is 17.3. The van der Waals surface area contributed by atoms with Gasteiger partial charge in [-0.05, 0) is 51.4 Å². The number of carbonyl (C=O) groups is 2. The lowest BCUT2D eigenvalue weighted by molar-refractivity contribution is -0.193. The number of pyridine rings is 1. The fourth-order valence-electron chi connectivity index (χ4n) is 3.72. The second kappa shape index (κ2) is 13.5. The van der Waals surface area contributed by atoms with E-state index in [1.165, 1.54) is 0 Å². The van der Waals surface area contributed by atoms with Crippen molar-refractivity contribution < 1.29 is 59.3 Å². The summed E-state index contributed by atoms with van der Waals surface area (Å²) in [6.45, 7) is 5.20. The van der Waals surface area contributed by atoms with Crippen LogP contribution in [0.4, 0.5) is 26.3 Å². The first kappa shape index (κ1) is 33.5. The summed E-state index contributed by atoms with van der Waals surface area (Å²) < 4.78 is 95.0. The van der Waals surface area contributed by atoms with Gasteiger partial charge in [0.15, 0.2) is 0 Å². The van der Waals surface area contributed by atoms with E-state index >= 15 is 0 Å². The molecule has 0 aromatic carbocycles. The third-order valence-electron chi connectivity index (χ3n) is 5.87. The van der Waals surface area contributed by atoms with E-state index in [0.29, 0.717) is 32.2 Å². The van der Waals surface area contributed by atoms with Gasteiger partial charge in [0.1, 0.15) is 0 Å². The van der Waals surface area contributed by atoms with Crippen LogP contribution in [0.15, 0.2) is 24.4 Å². The van der Waals surface area contributed by atoms with Gasteiger partial charge in [-0.3, -0.25) is 9.88 Å². The van der Waals surface area contributed by atoms with Crippen LogP contribution in [-0.4, -0.2) is 102 Å². The number of alkyl halides is 6. The highest BCUT2D eigenvalue weighted by Gasteiger charge is 2.52. The van der Waals surface area contributed by atoms with Crippen molar-refractivity contribution in [1.29, 1.82) is 0 Å². The van der Waals surface area contributed by atoms with Crippen LogP contribution < -0.4 is 0 Å². The number of nitrogens with zero attached hydrogens (tertiary/aromatic N) is 3. The Bertz CT molecular complexity index is 992. The maximum atomic E-state index is 12.0. The summed E-state index contributed by atoms with van der Waals surface area (Å²) in [7, 11) is -0.952. The molecule has 1 aromatic rings. The number of ether oxygens (including phenoxy) is 1. The van der Waals surface area contributed by atoms with Gasteiger partial charge < -0.3 is 14.9 Å². The van der Waals surface area contributed by atoms with Crippen LogP contribution in [0.5, 0.6) is 0 Å². The molecule has 2 saturated heterocycles. The molecule has 3 rings (SSSR count). The van der Waals surface area contributed by atoms with Crippen molar-refractivity contribution >= 4 is 22.0 Å². The fraction of sp³-hybridized carbons (Fsp3) is 0.667. The molecule has 2 fully saturated rings. The molecule has 3 heterocycles. The first-order valence-corrected chi connectivity index (χ1v) is 12.7. The molecule has 0 bridgehead atoms. The molecule has 1 spiro atoms. The molecule has 0 radical (unpaired) electrons. The van der Waals surface area contributed by atoms with Crippen LogP contribution >= 0.6 is 0 Å². The Balaban J connectivity index is 0.000000426. The molecule has 1 aromatic heterocycles. The molecule has 0 aliphatic carbocycles. The van der Waals surface area contributed by atoms with Gasteiger partial charge in [-0.1, -0.05) is 6.07 Å². The van der Waals surface area contributed by atoms with Crippen molar-refractivity contribution in [3.05, 3.63) is 30.1 Å². The van der Waals surface area contributed by atoms with Crippen LogP contribution in [0.1, 0.15) is 25.5 Å². The molecule has 0 saturated carbocycles. The average molecular weight is 582 g/mol. The monoisotopic (exact) mass is 581 g/mol. The lowest BCUT2D eigenvalue weighted by Gasteiger charge is -2.57. The average Bonchev–Trinajstić information content (AvgIpc) is 2.79. The number of halogens is 6. The van der Waals surface area contributed by atoms with E-state index in [0.717, 1.165) is 25.1 Å². The van der Waals surface area contributed by atoms with Gasteiger partial charge in [0.2, 0.25) is 10.0 Å². The molecule has 2 aliphatic heterocycles. The van der Waals surface area contributed by atoms with Gasteiger partial charge in [-0.15, -0.1) is 0 Å². The Morgan fingerprint density at radius 1 is 1.11 bits per heavy atom. The van der Waals surface area contributed by atoms with Gasteiger partial charge in [-0.25, -0.2) is 18.0 Å². The van der Waals surface area contributed by atoms with E-state index in [1.54, 1.807) is 17.4 Å². The van der Waals surface area contributed by atoms with Crippen LogP contribution in [0.3, 0.4) is 0 Å². The zero-order valence-electron chi connectivity index (χ0n) is 20.5. The molecule has 1 unspecified atom stereocenters. The number of likely N-dealkylation sites (tertiary alicyclic amines) is 1. The molecule has 2 aliphatic rings. The van der Waals surface area contributed by atoms with E-state index in [2.05, 4.69) is 16.9 Å². The summed E-state index contributed by atoms with van der Waals surface area (Å²) in [6.07, 6.45) is -6.29. The van der Waals surface area contributed by atoms with E-state index < -0.39 is 34.3 Å². The summed E-state index contributed by atoms with van der Waals surface area (Å²) in [4.78, 5) is 24.4. The van der Waals surface area contributed by atoms with Crippen molar-refractivity contribution in [1.82, 2.24) is 14.2 Å². The fourth-order valence-corrected chi connectivity index (χ4v) is 4.96. The Morgan fingerprint density at radius 3 is 2.05 bits per heavy atom. The lowest BCUT2D eigenvalue weighted by atomic mass is 9.77. The number of rotatable bonds is 6. The first-order valence-electron chi connectivity index (χ1n) is 11.1. The number of aromatic nitrogens is 1. The van der Waals surface area contributed by atoms with Crippen molar-refractivity contribution in [2.45, 2.75) is 44.3 Å². The Kier molecular flexibility index (Phi) is 11.9. The molecule has 1 atom stereocenters. The summed E-state index contributed by atoms with van der Waals surface area (Å²) >= 11 is 0. The van der Waals surface area contributed by atoms with E-state index in [4.69, 9.17) is 24.5 Å². The Labute approximate surface area is 215 Å². The molecule has 10 nitrogen and oxygen atoms in total. The van der Waals surface area contributed by atoms with E-state index in [-0.39, 0.29) is 11.3 Å². The summed E-state index contributed by atoms with van der Waals surface area (Å²) in [5.74, 6) is -4.85. The van der Waals surface area contributed by atoms with E-state index in [9.17, 15) is 34.8 Å². The van der Waals surface area contributed by atoms with Gasteiger partial charge >= 0.3 is 24.3 Å². The normalized spacial score (nSPS) is 19.8. The SMILES string of the molecule is CCS(=O)(=O)N1CC2(CC(COCc3ccccn3)CCN2C)C1.O=C(O)C(F)(F)F.O=C(O)C(F)(F)F. The zero-order chi connectivity index (χ0) is 29.4. The van der Waals surface area contributed by atoms with Crippen LogP contribution in [0, 0.1) is 5.92 Å². The maximum absolute atomic E-state index is 12.0. The number of sulfonamides is 1. The van der Waals surface area contributed by atoms with Gasteiger partial charge in [0.05, 0.1) is 24.7 Å². The number of carboxylic acid groups (broad SMARTS) is 2. The summed E-state index contributed by atoms with van der Waals surface area (Å²) in [5, 5.41) is 14.2. The van der Waals surface area contributed by atoms with Crippen LogP contribution in [0.25, 0.3) is 0 Å². The summed E-state index contributed by atoms with van der Waals surface area (Å²) in [6, 6.07) is 5.83. The molecule has 0 amide bonds. The molecule has 218 valence electrons. The molecular formula is C21H29F6N3O7S. The molecule has 2 N–H and O–H groups in total. The van der Waals surface area contributed by atoms with Gasteiger partial charge in [-0.2, -0.15) is 30.6 Å². The highest BCUT2D eigenvalue weighted by Crippen LogP contribution is 2.39. The van der Waals surface area contributed by atoms with Crippen molar-refractivity contribution in [2.75, 3.05) is 39.0 Å². The van der Waals surface area contributed by atoms with Crippen molar-refractivity contribution in [3.63, 3.8) is 0 Å². The van der Waals surface area contributed by atoms with Gasteiger partial charge in [0.25, 0.3) is 0 Å². The number of aliphatic carboxylic acids is 2. The standard InChI is InChI=1S/C17H27N3O3S.2C2HF3O2/c1-3-24(21,22)20-13-17(14-20)10-15(7-9-19(17)2)11-23-12-16-6-4-5-8-18-16;2*3-2(4,5)1(6)7/h4-6,8,15H,3,7,9-14H2,1-2H3;2*(H,6,7). The highest BCUT2D eigenvalue weighted by atomic mass is 32.2. The predicted octanol–water partition coefficient (Wildman–Crippen LogP) is 2.61. The molecule has 17 heteroatoms. The largest absolute Gasteiger partial charge is 0.490 e.